The topological polar surface area (TPSA) is 75.9 Å². The molecular weight excluding hydrogens is 262 g/mol. The predicted octanol–water partition coefficient (Wildman–Crippen LogP) is 3.17. The zero-order chi connectivity index (χ0) is 14.5. The molecule has 0 spiro atoms. The van der Waals surface area contributed by atoms with E-state index in [0.717, 1.165) is 5.69 Å². The first kappa shape index (κ1) is 13.1. The molecule has 0 aliphatic rings. The molecule has 0 aliphatic carbocycles. The molecule has 0 saturated heterocycles. The average Bonchev–Trinajstić information content (AvgIpc) is 2.56. The Bertz CT molecular complexity index is 710. The van der Waals surface area contributed by atoms with Crippen LogP contribution in [0, 0.1) is 0 Å². The van der Waals surface area contributed by atoms with Crippen LogP contribution >= 0.6 is 0 Å². The first-order chi connectivity index (χ1) is 10.3. The molecule has 0 amide bonds. The summed E-state index contributed by atoms with van der Waals surface area (Å²) in [7, 11) is 0. The summed E-state index contributed by atoms with van der Waals surface area (Å²) in [4.78, 5) is 8.17. The van der Waals surface area contributed by atoms with Crippen LogP contribution in [-0.2, 0) is 0 Å². The van der Waals surface area contributed by atoms with Gasteiger partial charge in [-0.15, -0.1) is 0 Å². The van der Waals surface area contributed by atoms with Crippen molar-refractivity contribution in [1.82, 2.24) is 9.97 Å². The molecule has 0 radical (unpaired) electrons. The van der Waals surface area contributed by atoms with Gasteiger partial charge in [-0.2, -0.15) is 4.98 Å². The molecule has 2 aromatic carbocycles. The standard InChI is InChI=1S/C16H15N5/c17-21-16-18-11-10-15(20-16)19-14-8-6-13(7-9-14)12-4-2-1-3-5-12/h1-11H,17H2,(H2,18,19,20,21). The molecule has 0 aliphatic heterocycles. The van der Waals surface area contributed by atoms with Crippen LogP contribution in [0.3, 0.4) is 0 Å². The second-order valence-corrected chi connectivity index (χ2v) is 4.48. The van der Waals surface area contributed by atoms with Crippen molar-refractivity contribution in [2.45, 2.75) is 0 Å². The number of nitrogens with two attached hydrogens (primary N) is 1. The zero-order valence-corrected chi connectivity index (χ0v) is 11.3. The molecule has 3 rings (SSSR count). The largest absolute Gasteiger partial charge is 0.340 e. The lowest BCUT2D eigenvalue weighted by Crippen LogP contribution is -2.10. The van der Waals surface area contributed by atoms with Gasteiger partial charge in [0.15, 0.2) is 0 Å². The summed E-state index contributed by atoms with van der Waals surface area (Å²) in [6, 6.07) is 20.2. The number of anilines is 3. The van der Waals surface area contributed by atoms with Gasteiger partial charge in [-0.25, -0.2) is 10.8 Å². The van der Waals surface area contributed by atoms with Gasteiger partial charge in [0.25, 0.3) is 0 Å². The minimum absolute atomic E-state index is 0.376. The van der Waals surface area contributed by atoms with Crippen LogP contribution in [0.2, 0.25) is 0 Å². The first-order valence-electron chi connectivity index (χ1n) is 6.57. The number of hydrogen-bond donors (Lipinski definition) is 3. The van der Waals surface area contributed by atoms with Gasteiger partial charge in [0.1, 0.15) is 5.82 Å². The number of hydrazine groups is 1. The van der Waals surface area contributed by atoms with E-state index in [4.69, 9.17) is 5.84 Å². The lowest BCUT2D eigenvalue weighted by molar-refractivity contribution is 1.12. The van der Waals surface area contributed by atoms with Crippen molar-refractivity contribution in [2.24, 2.45) is 5.84 Å². The van der Waals surface area contributed by atoms with E-state index in [9.17, 15) is 0 Å². The van der Waals surface area contributed by atoms with Crippen molar-refractivity contribution in [3.8, 4) is 11.1 Å². The molecule has 5 nitrogen and oxygen atoms in total. The summed E-state index contributed by atoms with van der Waals surface area (Å²) in [5.41, 5.74) is 5.75. The van der Waals surface area contributed by atoms with Gasteiger partial charge in [-0.1, -0.05) is 42.5 Å². The molecule has 104 valence electrons. The monoisotopic (exact) mass is 277 g/mol. The zero-order valence-electron chi connectivity index (χ0n) is 11.3. The molecule has 3 aromatic rings. The van der Waals surface area contributed by atoms with Crippen molar-refractivity contribution in [1.29, 1.82) is 0 Å². The lowest BCUT2D eigenvalue weighted by Gasteiger charge is -2.08. The van der Waals surface area contributed by atoms with Gasteiger partial charge < -0.3 is 5.32 Å². The van der Waals surface area contributed by atoms with Crippen LogP contribution in [0.25, 0.3) is 11.1 Å². The molecule has 0 fully saturated rings. The maximum atomic E-state index is 5.29. The highest BCUT2D eigenvalue weighted by Gasteiger charge is 2.00. The minimum Gasteiger partial charge on any atom is -0.340 e. The molecule has 0 atom stereocenters. The molecule has 21 heavy (non-hydrogen) atoms. The Labute approximate surface area is 122 Å². The number of nitrogen functional groups attached to an aromatic ring is 1. The quantitative estimate of drug-likeness (QED) is 0.504. The number of nitrogens with zero attached hydrogens (tertiary/aromatic N) is 2. The SMILES string of the molecule is NNc1nccc(Nc2ccc(-c3ccccc3)cc2)n1. The fourth-order valence-electron chi connectivity index (χ4n) is 2.02. The summed E-state index contributed by atoms with van der Waals surface area (Å²) in [6.45, 7) is 0. The van der Waals surface area contributed by atoms with E-state index in [0.29, 0.717) is 11.8 Å². The Morgan fingerprint density at radius 3 is 2.24 bits per heavy atom. The van der Waals surface area contributed by atoms with Crippen molar-refractivity contribution in [3.63, 3.8) is 0 Å². The summed E-state index contributed by atoms with van der Waals surface area (Å²) < 4.78 is 0. The molecule has 1 heterocycles. The molecule has 5 heteroatoms. The fraction of sp³-hybridized carbons (Fsp3) is 0. The number of aromatic nitrogens is 2. The Morgan fingerprint density at radius 2 is 1.52 bits per heavy atom. The van der Waals surface area contributed by atoms with Gasteiger partial charge >= 0.3 is 0 Å². The Kier molecular flexibility index (Phi) is 3.75. The van der Waals surface area contributed by atoms with Crippen LogP contribution in [0.4, 0.5) is 17.5 Å². The molecular formula is C16H15N5. The molecule has 0 saturated carbocycles. The first-order valence-corrected chi connectivity index (χ1v) is 6.57. The Morgan fingerprint density at radius 1 is 0.810 bits per heavy atom. The highest BCUT2D eigenvalue weighted by atomic mass is 15.3. The summed E-state index contributed by atoms with van der Waals surface area (Å²) in [6.07, 6.45) is 1.64. The summed E-state index contributed by atoms with van der Waals surface area (Å²) in [5, 5.41) is 3.21. The summed E-state index contributed by atoms with van der Waals surface area (Å²) in [5.74, 6) is 6.35. The highest BCUT2D eigenvalue weighted by molar-refractivity contribution is 5.67. The van der Waals surface area contributed by atoms with Crippen molar-refractivity contribution in [2.75, 3.05) is 10.7 Å². The smallest absolute Gasteiger partial charge is 0.239 e. The minimum atomic E-state index is 0.376. The Balaban J connectivity index is 1.78. The predicted molar refractivity (Wildman–Crippen MR) is 85.0 cm³/mol. The van der Waals surface area contributed by atoms with E-state index in [1.807, 2.05) is 30.3 Å². The van der Waals surface area contributed by atoms with E-state index < -0.39 is 0 Å². The summed E-state index contributed by atoms with van der Waals surface area (Å²) >= 11 is 0. The van der Waals surface area contributed by atoms with Crippen molar-refractivity contribution < 1.29 is 0 Å². The third-order valence-corrected chi connectivity index (χ3v) is 3.05. The maximum Gasteiger partial charge on any atom is 0.239 e. The fourth-order valence-corrected chi connectivity index (χ4v) is 2.02. The van der Waals surface area contributed by atoms with Gasteiger partial charge in [0.2, 0.25) is 5.95 Å². The highest BCUT2D eigenvalue weighted by Crippen LogP contribution is 2.22. The number of benzene rings is 2. The normalized spacial score (nSPS) is 10.1. The second-order valence-electron chi connectivity index (χ2n) is 4.48. The maximum absolute atomic E-state index is 5.29. The van der Waals surface area contributed by atoms with Crippen molar-refractivity contribution >= 4 is 17.5 Å². The van der Waals surface area contributed by atoms with E-state index >= 15 is 0 Å². The van der Waals surface area contributed by atoms with E-state index in [-0.39, 0.29) is 0 Å². The Hall–Kier alpha value is -2.92. The van der Waals surface area contributed by atoms with Gasteiger partial charge in [-0.3, -0.25) is 5.43 Å². The number of hydrogen-bond acceptors (Lipinski definition) is 5. The van der Waals surface area contributed by atoms with Gasteiger partial charge in [0.05, 0.1) is 0 Å². The second kappa shape index (κ2) is 6.02. The molecule has 1 aromatic heterocycles. The van der Waals surface area contributed by atoms with E-state index in [2.05, 4.69) is 45.0 Å². The molecule has 4 N–H and O–H groups in total. The van der Waals surface area contributed by atoms with Gasteiger partial charge in [-0.05, 0) is 29.3 Å². The third-order valence-electron chi connectivity index (χ3n) is 3.05. The molecule has 0 unspecified atom stereocenters. The van der Waals surface area contributed by atoms with Crippen LogP contribution < -0.4 is 16.6 Å². The van der Waals surface area contributed by atoms with Crippen LogP contribution in [-0.4, -0.2) is 9.97 Å². The van der Waals surface area contributed by atoms with E-state index in [1.54, 1.807) is 12.3 Å². The lowest BCUT2D eigenvalue weighted by atomic mass is 10.1. The average molecular weight is 277 g/mol. The van der Waals surface area contributed by atoms with Gasteiger partial charge in [0, 0.05) is 11.9 Å². The van der Waals surface area contributed by atoms with E-state index in [1.165, 1.54) is 11.1 Å². The van der Waals surface area contributed by atoms with Crippen LogP contribution in [0.15, 0.2) is 66.9 Å². The third kappa shape index (κ3) is 3.16. The molecule has 0 bridgehead atoms. The number of nitrogens with one attached hydrogen (secondary N) is 2. The number of rotatable bonds is 4. The van der Waals surface area contributed by atoms with Crippen LogP contribution in [0.1, 0.15) is 0 Å². The van der Waals surface area contributed by atoms with Crippen molar-refractivity contribution in [3.05, 3.63) is 66.9 Å². The van der Waals surface area contributed by atoms with Crippen LogP contribution in [0.5, 0.6) is 0 Å².